The van der Waals surface area contributed by atoms with Crippen molar-refractivity contribution in [2.24, 2.45) is 10.1 Å². The predicted octanol–water partition coefficient (Wildman–Crippen LogP) is 5.08. The van der Waals surface area contributed by atoms with Crippen molar-refractivity contribution >= 4 is 28.8 Å². The van der Waals surface area contributed by atoms with Crippen LogP contribution in [-0.4, -0.2) is 11.5 Å². The molecule has 0 aromatic heterocycles. The van der Waals surface area contributed by atoms with Crippen molar-refractivity contribution in [1.82, 2.24) is 5.43 Å². The third kappa shape index (κ3) is 3.19. The van der Waals surface area contributed by atoms with Crippen LogP contribution in [0, 0.1) is 6.92 Å². The van der Waals surface area contributed by atoms with Crippen molar-refractivity contribution in [2.45, 2.75) is 6.92 Å². The first-order chi connectivity index (χ1) is 12.2. The van der Waals surface area contributed by atoms with Crippen LogP contribution < -0.4 is 5.43 Å². The van der Waals surface area contributed by atoms with Gasteiger partial charge in [-0.1, -0.05) is 71.8 Å². The average Bonchev–Trinajstić information content (AvgIpc) is 2.83. The van der Waals surface area contributed by atoms with Crippen LogP contribution in [0.25, 0.3) is 0 Å². The standard InChI is InChI=1S/C21H16ClN3/c1-14-7-9-15(10-8-14)20-18-13-17(22)11-12-19(18)23-21(25-24-20)16-5-3-2-4-6-16/h2-13H,1H3,(H,23,25). The van der Waals surface area contributed by atoms with E-state index in [1.807, 2.05) is 48.5 Å². The summed E-state index contributed by atoms with van der Waals surface area (Å²) in [4.78, 5) is 4.78. The molecule has 1 N–H and O–H groups in total. The topological polar surface area (TPSA) is 36.8 Å². The van der Waals surface area contributed by atoms with Gasteiger partial charge in [-0.2, -0.15) is 5.10 Å². The maximum absolute atomic E-state index is 6.24. The molecule has 4 heteroatoms. The van der Waals surface area contributed by atoms with E-state index in [9.17, 15) is 0 Å². The van der Waals surface area contributed by atoms with Crippen LogP contribution in [0.2, 0.25) is 5.02 Å². The number of aryl methyl sites for hydroxylation is 1. The second-order valence-electron chi connectivity index (χ2n) is 5.93. The number of hydrogen-bond acceptors (Lipinski definition) is 3. The van der Waals surface area contributed by atoms with Gasteiger partial charge in [-0.05, 0) is 25.1 Å². The number of fused-ring (bicyclic) bond motifs is 1. The second-order valence-corrected chi connectivity index (χ2v) is 6.36. The van der Waals surface area contributed by atoms with E-state index in [1.54, 1.807) is 0 Å². The Morgan fingerprint density at radius 2 is 1.60 bits per heavy atom. The summed E-state index contributed by atoms with van der Waals surface area (Å²) < 4.78 is 0. The normalized spacial score (nSPS) is 13.2. The highest BCUT2D eigenvalue weighted by molar-refractivity contribution is 6.31. The van der Waals surface area contributed by atoms with Crippen LogP contribution in [0.5, 0.6) is 0 Å². The summed E-state index contributed by atoms with van der Waals surface area (Å²) >= 11 is 6.24. The van der Waals surface area contributed by atoms with Crippen LogP contribution >= 0.6 is 11.6 Å². The quantitative estimate of drug-likeness (QED) is 0.690. The number of halogens is 1. The highest BCUT2D eigenvalue weighted by Crippen LogP contribution is 2.28. The van der Waals surface area contributed by atoms with Gasteiger partial charge in [0.25, 0.3) is 0 Å². The molecule has 3 aromatic carbocycles. The van der Waals surface area contributed by atoms with E-state index in [0.29, 0.717) is 10.9 Å². The monoisotopic (exact) mass is 345 g/mol. The highest BCUT2D eigenvalue weighted by atomic mass is 35.5. The summed E-state index contributed by atoms with van der Waals surface area (Å²) in [6.45, 7) is 2.07. The molecule has 0 radical (unpaired) electrons. The summed E-state index contributed by atoms with van der Waals surface area (Å²) in [5, 5.41) is 5.30. The lowest BCUT2D eigenvalue weighted by atomic mass is 10.00. The maximum atomic E-state index is 6.24. The van der Waals surface area contributed by atoms with Crippen LogP contribution in [0.15, 0.2) is 82.9 Å². The van der Waals surface area contributed by atoms with Crippen molar-refractivity contribution in [2.75, 3.05) is 0 Å². The summed E-state index contributed by atoms with van der Waals surface area (Å²) in [6.07, 6.45) is 0. The molecule has 0 amide bonds. The van der Waals surface area contributed by atoms with Gasteiger partial charge in [0, 0.05) is 21.7 Å². The van der Waals surface area contributed by atoms with Gasteiger partial charge in [0.1, 0.15) is 5.71 Å². The van der Waals surface area contributed by atoms with Gasteiger partial charge in [0.05, 0.1) is 5.69 Å². The minimum absolute atomic E-state index is 0.664. The molecule has 0 unspecified atom stereocenters. The molecule has 0 atom stereocenters. The molecule has 1 aliphatic heterocycles. The van der Waals surface area contributed by atoms with Gasteiger partial charge in [-0.25, -0.2) is 4.99 Å². The van der Waals surface area contributed by atoms with Crippen molar-refractivity contribution in [1.29, 1.82) is 0 Å². The number of benzene rings is 3. The Balaban J connectivity index is 1.87. The molecule has 0 saturated heterocycles. The van der Waals surface area contributed by atoms with Gasteiger partial charge in [-0.15, -0.1) is 0 Å². The third-order valence-corrected chi connectivity index (χ3v) is 4.33. The molecule has 122 valence electrons. The Morgan fingerprint density at radius 3 is 2.36 bits per heavy atom. The Kier molecular flexibility index (Phi) is 4.08. The molecule has 0 fully saturated rings. The molecule has 1 aliphatic rings. The van der Waals surface area contributed by atoms with Gasteiger partial charge in [0.2, 0.25) is 0 Å². The lowest BCUT2D eigenvalue weighted by Crippen LogP contribution is -2.19. The molecule has 1 heterocycles. The van der Waals surface area contributed by atoms with Crippen molar-refractivity contribution in [3.8, 4) is 0 Å². The summed E-state index contributed by atoms with van der Waals surface area (Å²) in [6, 6.07) is 23.9. The van der Waals surface area contributed by atoms with Crippen LogP contribution in [0.1, 0.15) is 22.3 Å². The number of aliphatic imine (C=N–C) groups is 1. The molecule has 3 aromatic rings. The van der Waals surface area contributed by atoms with Gasteiger partial charge < -0.3 is 0 Å². The number of rotatable bonds is 2. The summed E-state index contributed by atoms with van der Waals surface area (Å²) in [7, 11) is 0. The van der Waals surface area contributed by atoms with Gasteiger partial charge >= 0.3 is 0 Å². The molecule has 3 nitrogen and oxygen atoms in total. The number of amidine groups is 1. The summed E-state index contributed by atoms with van der Waals surface area (Å²) in [5.74, 6) is 0.714. The minimum atomic E-state index is 0.664. The number of hydrogen-bond donors (Lipinski definition) is 1. The van der Waals surface area contributed by atoms with E-state index in [4.69, 9.17) is 16.6 Å². The zero-order valence-electron chi connectivity index (χ0n) is 13.7. The Bertz CT molecular complexity index is 974. The molecule has 0 saturated carbocycles. The molecule has 0 bridgehead atoms. The largest absolute Gasteiger partial charge is 0.260 e. The SMILES string of the molecule is Cc1ccc(C2=NNC(c3ccccc3)=Nc3ccc(Cl)cc32)cc1. The zero-order valence-corrected chi connectivity index (χ0v) is 14.5. The van der Waals surface area contributed by atoms with Crippen molar-refractivity contribution < 1.29 is 0 Å². The highest BCUT2D eigenvalue weighted by Gasteiger charge is 2.17. The van der Waals surface area contributed by atoms with Crippen LogP contribution in [-0.2, 0) is 0 Å². The van der Waals surface area contributed by atoms with Crippen molar-refractivity contribution in [3.05, 3.63) is 100 Å². The first-order valence-electron chi connectivity index (χ1n) is 8.05. The number of nitrogens with one attached hydrogen (secondary N) is 1. The zero-order chi connectivity index (χ0) is 17.2. The lowest BCUT2D eigenvalue weighted by Gasteiger charge is -2.08. The molecular weight excluding hydrogens is 330 g/mol. The van der Waals surface area contributed by atoms with E-state index in [-0.39, 0.29) is 0 Å². The third-order valence-electron chi connectivity index (χ3n) is 4.09. The first kappa shape index (κ1) is 15.6. The number of nitrogens with zero attached hydrogens (tertiary/aromatic N) is 2. The average molecular weight is 346 g/mol. The fraction of sp³-hybridized carbons (Fsp3) is 0.0476. The fourth-order valence-electron chi connectivity index (χ4n) is 2.77. The lowest BCUT2D eigenvalue weighted by molar-refractivity contribution is 1.03. The van der Waals surface area contributed by atoms with Gasteiger partial charge in [0.15, 0.2) is 5.84 Å². The Labute approximate surface area is 151 Å². The predicted molar refractivity (Wildman–Crippen MR) is 104 cm³/mol. The fourth-order valence-corrected chi connectivity index (χ4v) is 2.94. The Hall–Kier alpha value is -2.91. The van der Waals surface area contributed by atoms with E-state index in [1.165, 1.54) is 5.56 Å². The van der Waals surface area contributed by atoms with Crippen LogP contribution in [0.3, 0.4) is 0 Å². The molecule has 0 aliphatic carbocycles. The van der Waals surface area contributed by atoms with Gasteiger partial charge in [-0.3, -0.25) is 5.43 Å². The molecule has 25 heavy (non-hydrogen) atoms. The first-order valence-corrected chi connectivity index (χ1v) is 8.43. The number of hydrazone groups is 1. The molecule has 4 rings (SSSR count). The maximum Gasteiger partial charge on any atom is 0.154 e. The Morgan fingerprint density at radius 1 is 0.840 bits per heavy atom. The summed E-state index contributed by atoms with van der Waals surface area (Å²) in [5.41, 5.74) is 8.91. The molecule has 0 spiro atoms. The van der Waals surface area contributed by atoms with Crippen molar-refractivity contribution in [3.63, 3.8) is 0 Å². The molecular formula is C21H16ClN3. The van der Waals surface area contributed by atoms with Crippen LogP contribution in [0.4, 0.5) is 5.69 Å². The minimum Gasteiger partial charge on any atom is -0.260 e. The van der Waals surface area contributed by atoms with E-state index in [2.05, 4.69) is 41.7 Å². The van der Waals surface area contributed by atoms with E-state index in [0.717, 1.165) is 28.1 Å². The van der Waals surface area contributed by atoms with E-state index >= 15 is 0 Å². The smallest absolute Gasteiger partial charge is 0.154 e. The second kappa shape index (κ2) is 6.54. The van der Waals surface area contributed by atoms with E-state index < -0.39 is 0 Å².